The van der Waals surface area contributed by atoms with E-state index in [0.29, 0.717) is 5.92 Å². The van der Waals surface area contributed by atoms with E-state index in [1.807, 2.05) is 30.3 Å². The second-order valence-electron chi connectivity index (χ2n) is 6.56. The normalized spacial score (nSPS) is 15.5. The zero-order valence-electron chi connectivity index (χ0n) is 14.3. The van der Waals surface area contributed by atoms with E-state index in [4.69, 9.17) is 0 Å². The predicted molar refractivity (Wildman–Crippen MR) is 95.3 cm³/mol. The third-order valence-electron chi connectivity index (χ3n) is 4.50. The van der Waals surface area contributed by atoms with Crippen molar-refractivity contribution in [2.75, 3.05) is 18.0 Å². The summed E-state index contributed by atoms with van der Waals surface area (Å²) < 4.78 is 0. The van der Waals surface area contributed by atoms with Gasteiger partial charge in [0.2, 0.25) is 5.95 Å². The molecule has 2 heterocycles. The van der Waals surface area contributed by atoms with E-state index < -0.39 is 0 Å². The number of piperidine rings is 1. The first kappa shape index (κ1) is 16.4. The van der Waals surface area contributed by atoms with Gasteiger partial charge < -0.3 is 10.2 Å². The van der Waals surface area contributed by atoms with Crippen LogP contribution >= 0.6 is 0 Å². The smallest absolute Gasteiger partial charge is 0.251 e. The molecule has 126 valence electrons. The summed E-state index contributed by atoms with van der Waals surface area (Å²) in [6.07, 6.45) is 5.34. The maximum atomic E-state index is 12.4. The Bertz CT molecular complexity index is 662. The van der Waals surface area contributed by atoms with Crippen molar-refractivity contribution in [2.24, 2.45) is 0 Å². The number of benzene rings is 1. The molecule has 1 aliphatic rings. The molecule has 2 aromatic rings. The first-order valence-electron chi connectivity index (χ1n) is 8.56. The molecule has 1 amide bonds. The highest BCUT2D eigenvalue weighted by molar-refractivity contribution is 5.94. The fraction of sp³-hybridized carbons (Fsp3) is 0.421. The number of nitrogens with zero attached hydrogens (tertiary/aromatic N) is 3. The average molecular weight is 324 g/mol. The lowest BCUT2D eigenvalue weighted by Gasteiger charge is -2.32. The minimum atomic E-state index is 0.0136. The van der Waals surface area contributed by atoms with Gasteiger partial charge in [-0.3, -0.25) is 4.79 Å². The lowest BCUT2D eigenvalue weighted by atomic mass is 10.0. The molecule has 5 heteroatoms. The van der Waals surface area contributed by atoms with E-state index >= 15 is 0 Å². The molecule has 0 spiro atoms. The molecule has 0 radical (unpaired) electrons. The Hall–Kier alpha value is -2.43. The summed E-state index contributed by atoms with van der Waals surface area (Å²) >= 11 is 0. The van der Waals surface area contributed by atoms with Gasteiger partial charge in [-0.2, -0.15) is 0 Å². The van der Waals surface area contributed by atoms with E-state index in [2.05, 4.69) is 34.0 Å². The largest absolute Gasteiger partial charge is 0.349 e. The summed E-state index contributed by atoms with van der Waals surface area (Å²) in [6.45, 7) is 6.03. The van der Waals surface area contributed by atoms with Crippen LogP contribution in [-0.2, 0) is 0 Å². The highest BCUT2D eigenvalue weighted by Gasteiger charge is 2.22. The number of hydrogen-bond acceptors (Lipinski definition) is 4. The van der Waals surface area contributed by atoms with Gasteiger partial charge in [-0.15, -0.1) is 0 Å². The number of amides is 1. The standard InChI is InChI=1S/C19H24N4O/c1-14(2)15-4-6-16(7-5-15)18(24)22-17-8-12-23(13-9-17)19-20-10-3-11-21-19/h3-7,10-11,14,17H,8-9,12-13H2,1-2H3,(H,22,24). The second kappa shape index (κ2) is 7.43. The minimum absolute atomic E-state index is 0.0136. The number of anilines is 1. The molecule has 1 N–H and O–H groups in total. The zero-order chi connectivity index (χ0) is 16.9. The van der Waals surface area contributed by atoms with Crippen LogP contribution in [0, 0.1) is 0 Å². The van der Waals surface area contributed by atoms with E-state index in [0.717, 1.165) is 37.4 Å². The number of aromatic nitrogens is 2. The molecule has 3 rings (SSSR count). The molecule has 0 saturated carbocycles. The molecule has 1 fully saturated rings. The SMILES string of the molecule is CC(C)c1ccc(C(=O)NC2CCN(c3ncccn3)CC2)cc1. The molecule has 1 saturated heterocycles. The summed E-state index contributed by atoms with van der Waals surface area (Å²) in [5.74, 6) is 1.26. The molecule has 1 aliphatic heterocycles. The van der Waals surface area contributed by atoms with Crippen molar-refractivity contribution in [3.8, 4) is 0 Å². The second-order valence-corrected chi connectivity index (χ2v) is 6.56. The third kappa shape index (κ3) is 3.91. The fourth-order valence-corrected chi connectivity index (χ4v) is 2.97. The van der Waals surface area contributed by atoms with Crippen LogP contribution in [0.25, 0.3) is 0 Å². The van der Waals surface area contributed by atoms with E-state index in [-0.39, 0.29) is 11.9 Å². The lowest BCUT2D eigenvalue weighted by Crippen LogP contribution is -2.45. The number of nitrogens with one attached hydrogen (secondary N) is 1. The molecular formula is C19H24N4O. The van der Waals surface area contributed by atoms with Gasteiger partial charge in [0, 0.05) is 37.1 Å². The van der Waals surface area contributed by atoms with Gasteiger partial charge in [0.25, 0.3) is 5.91 Å². The molecule has 5 nitrogen and oxygen atoms in total. The Morgan fingerprint density at radius 3 is 2.33 bits per heavy atom. The molecule has 1 aromatic carbocycles. The number of carbonyl (C=O) groups is 1. The maximum Gasteiger partial charge on any atom is 0.251 e. The summed E-state index contributed by atoms with van der Waals surface area (Å²) in [5.41, 5.74) is 1.98. The van der Waals surface area contributed by atoms with Gasteiger partial charge in [0.15, 0.2) is 0 Å². The van der Waals surface area contributed by atoms with Crippen LogP contribution < -0.4 is 10.2 Å². The van der Waals surface area contributed by atoms with Crippen molar-refractivity contribution >= 4 is 11.9 Å². The topological polar surface area (TPSA) is 58.1 Å². The first-order valence-corrected chi connectivity index (χ1v) is 8.56. The van der Waals surface area contributed by atoms with Crippen LogP contribution in [0.3, 0.4) is 0 Å². The van der Waals surface area contributed by atoms with Gasteiger partial charge in [-0.25, -0.2) is 9.97 Å². The van der Waals surface area contributed by atoms with E-state index in [1.165, 1.54) is 5.56 Å². The number of rotatable bonds is 4. The van der Waals surface area contributed by atoms with Crippen molar-refractivity contribution in [1.29, 1.82) is 0 Å². The average Bonchev–Trinajstić information content (AvgIpc) is 2.63. The molecule has 0 atom stereocenters. The molecule has 1 aromatic heterocycles. The van der Waals surface area contributed by atoms with Crippen LogP contribution in [0.1, 0.15) is 48.5 Å². The van der Waals surface area contributed by atoms with Crippen LogP contribution in [0.15, 0.2) is 42.7 Å². The monoisotopic (exact) mass is 324 g/mol. The summed E-state index contributed by atoms with van der Waals surface area (Å²) in [7, 11) is 0. The fourth-order valence-electron chi connectivity index (χ4n) is 2.97. The molecule has 0 aliphatic carbocycles. The lowest BCUT2D eigenvalue weighted by molar-refractivity contribution is 0.0931. The van der Waals surface area contributed by atoms with Crippen LogP contribution in [-0.4, -0.2) is 35.0 Å². The maximum absolute atomic E-state index is 12.4. The number of carbonyl (C=O) groups excluding carboxylic acids is 1. The third-order valence-corrected chi connectivity index (χ3v) is 4.50. The highest BCUT2D eigenvalue weighted by Crippen LogP contribution is 2.17. The van der Waals surface area contributed by atoms with Gasteiger partial charge in [0.1, 0.15) is 0 Å². The molecule has 0 unspecified atom stereocenters. The summed E-state index contributed by atoms with van der Waals surface area (Å²) in [6, 6.07) is 9.93. The Morgan fingerprint density at radius 1 is 1.12 bits per heavy atom. The van der Waals surface area contributed by atoms with E-state index in [9.17, 15) is 4.79 Å². The first-order chi connectivity index (χ1) is 11.6. The Morgan fingerprint density at radius 2 is 1.75 bits per heavy atom. The van der Waals surface area contributed by atoms with Crippen LogP contribution in [0.4, 0.5) is 5.95 Å². The van der Waals surface area contributed by atoms with Gasteiger partial charge in [0.05, 0.1) is 0 Å². The molecular weight excluding hydrogens is 300 g/mol. The van der Waals surface area contributed by atoms with Crippen molar-refractivity contribution in [1.82, 2.24) is 15.3 Å². The predicted octanol–water partition coefficient (Wildman–Crippen LogP) is 3.00. The Balaban J connectivity index is 1.53. The quantitative estimate of drug-likeness (QED) is 0.939. The van der Waals surface area contributed by atoms with Crippen molar-refractivity contribution in [3.63, 3.8) is 0 Å². The van der Waals surface area contributed by atoms with Crippen LogP contribution in [0.2, 0.25) is 0 Å². The summed E-state index contributed by atoms with van der Waals surface area (Å²) in [4.78, 5) is 23.1. The minimum Gasteiger partial charge on any atom is -0.349 e. The van der Waals surface area contributed by atoms with Gasteiger partial charge in [-0.05, 0) is 42.5 Å². The molecule has 0 bridgehead atoms. The molecule has 24 heavy (non-hydrogen) atoms. The van der Waals surface area contributed by atoms with E-state index in [1.54, 1.807) is 12.4 Å². The van der Waals surface area contributed by atoms with Gasteiger partial charge >= 0.3 is 0 Å². The Labute approximate surface area is 143 Å². The summed E-state index contributed by atoms with van der Waals surface area (Å²) in [5, 5.41) is 3.15. The van der Waals surface area contributed by atoms with Crippen molar-refractivity contribution in [2.45, 2.75) is 38.6 Å². The Kier molecular flexibility index (Phi) is 5.08. The highest BCUT2D eigenvalue weighted by atomic mass is 16.1. The van der Waals surface area contributed by atoms with Crippen LogP contribution in [0.5, 0.6) is 0 Å². The van der Waals surface area contributed by atoms with Crippen molar-refractivity contribution < 1.29 is 4.79 Å². The zero-order valence-corrected chi connectivity index (χ0v) is 14.3. The number of hydrogen-bond donors (Lipinski definition) is 1. The van der Waals surface area contributed by atoms with Gasteiger partial charge in [-0.1, -0.05) is 26.0 Å². The van der Waals surface area contributed by atoms with Crippen molar-refractivity contribution in [3.05, 3.63) is 53.9 Å².